The largest absolute Gasteiger partial charge is 0.350 e. The maximum absolute atomic E-state index is 13.3. The van der Waals surface area contributed by atoms with Crippen molar-refractivity contribution in [1.82, 2.24) is 19.4 Å². The Hall–Kier alpha value is -2.73. The Bertz CT molecular complexity index is 1070. The van der Waals surface area contributed by atoms with Gasteiger partial charge in [-0.2, -0.15) is 0 Å². The Balaban J connectivity index is 1.40. The van der Waals surface area contributed by atoms with Gasteiger partial charge in [0.1, 0.15) is 6.33 Å². The third-order valence-electron chi connectivity index (χ3n) is 6.25. The van der Waals surface area contributed by atoms with Gasteiger partial charge in [-0.15, -0.1) is 0 Å². The average molecular weight is 376 g/mol. The summed E-state index contributed by atoms with van der Waals surface area (Å²) >= 11 is 0. The molecule has 0 unspecified atom stereocenters. The number of Topliss-reactive ketones (excluding diaryl/α,β-unsaturated/α-hetero) is 1. The molecule has 0 radical (unpaired) electrons. The third-order valence-corrected chi connectivity index (χ3v) is 6.25. The van der Waals surface area contributed by atoms with Crippen molar-refractivity contribution in [3.05, 3.63) is 53.7 Å². The molecule has 3 heterocycles. The number of carbonyl (C=O) groups is 2. The summed E-state index contributed by atoms with van der Waals surface area (Å²) in [6.45, 7) is 0.898. The van der Waals surface area contributed by atoms with Crippen molar-refractivity contribution in [3.63, 3.8) is 0 Å². The van der Waals surface area contributed by atoms with Crippen LogP contribution in [0.1, 0.15) is 45.8 Å². The minimum atomic E-state index is -0.103. The predicted molar refractivity (Wildman–Crippen MR) is 107 cm³/mol. The fourth-order valence-electron chi connectivity index (χ4n) is 4.73. The Morgan fingerprint density at radius 1 is 1.21 bits per heavy atom. The fraction of sp³-hybridized carbons (Fsp3) is 0.409. The summed E-state index contributed by atoms with van der Waals surface area (Å²) in [7, 11) is 1.97. The van der Waals surface area contributed by atoms with Crippen molar-refractivity contribution in [2.75, 3.05) is 6.54 Å². The van der Waals surface area contributed by atoms with Gasteiger partial charge in [-0.05, 0) is 38.3 Å². The monoisotopic (exact) mass is 376 g/mol. The molecule has 2 atom stereocenters. The quantitative estimate of drug-likeness (QED) is 0.714. The second-order valence-corrected chi connectivity index (χ2v) is 7.97. The van der Waals surface area contributed by atoms with E-state index in [4.69, 9.17) is 0 Å². The Morgan fingerprint density at radius 3 is 2.89 bits per heavy atom. The highest BCUT2D eigenvalue weighted by molar-refractivity contribution is 6.09. The van der Waals surface area contributed by atoms with E-state index < -0.39 is 0 Å². The standard InChI is InChI=1S/C22H24N4O2/c1-25-12-16(15-5-2-3-7-19(15)25)21(27)14-8-9-20-18(11-14)24-13-26(20)22(28)17-6-4-10-23-17/h2-3,5,7,12-14,17,23H,4,6,8-11H2,1H3/t14-,17+/m1/s1. The van der Waals surface area contributed by atoms with Crippen molar-refractivity contribution in [2.45, 2.75) is 38.1 Å². The minimum Gasteiger partial charge on any atom is -0.350 e. The molecular weight excluding hydrogens is 352 g/mol. The van der Waals surface area contributed by atoms with Crippen LogP contribution in [0.25, 0.3) is 10.9 Å². The molecule has 28 heavy (non-hydrogen) atoms. The van der Waals surface area contributed by atoms with E-state index in [0.29, 0.717) is 6.42 Å². The lowest BCUT2D eigenvalue weighted by Crippen LogP contribution is -2.36. The number of para-hydroxylation sites is 1. The first-order valence-corrected chi connectivity index (χ1v) is 10.0. The first-order chi connectivity index (χ1) is 13.6. The SMILES string of the molecule is Cn1cc(C(=O)[C@@H]2CCc3c(ncn3C(=O)[C@@H]3CCCN3)C2)c2ccccc21. The number of ketones is 1. The van der Waals surface area contributed by atoms with E-state index in [1.54, 1.807) is 10.9 Å². The summed E-state index contributed by atoms with van der Waals surface area (Å²) in [5, 5.41) is 4.27. The molecule has 1 aliphatic carbocycles. The maximum atomic E-state index is 13.3. The second-order valence-electron chi connectivity index (χ2n) is 7.97. The van der Waals surface area contributed by atoms with Gasteiger partial charge in [0.2, 0.25) is 5.91 Å². The number of aromatic nitrogens is 3. The molecular formula is C22H24N4O2. The lowest BCUT2D eigenvalue weighted by atomic mass is 9.84. The molecule has 0 spiro atoms. The highest BCUT2D eigenvalue weighted by atomic mass is 16.2. The third kappa shape index (κ3) is 2.71. The van der Waals surface area contributed by atoms with Gasteiger partial charge in [-0.25, -0.2) is 4.98 Å². The summed E-state index contributed by atoms with van der Waals surface area (Å²) in [5.41, 5.74) is 3.75. The second kappa shape index (κ2) is 6.71. The number of carbonyl (C=O) groups excluding carboxylic acids is 2. The number of nitrogens with one attached hydrogen (secondary N) is 1. The molecule has 1 aliphatic heterocycles. The molecule has 0 amide bonds. The van der Waals surface area contributed by atoms with E-state index in [2.05, 4.69) is 10.3 Å². The molecule has 0 bridgehead atoms. The van der Waals surface area contributed by atoms with Crippen LogP contribution in [0.15, 0.2) is 36.8 Å². The van der Waals surface area contributed by atoms with Crippen molar-refractivity contribution in [1.29, 1.82) is 0 Å². The van der Waals surface area contributed by atoms with Crippen LogP contribution in [0.4, 0.5) is 0 Å². The van der Waals surface area contributed by atoms with Gasteiger partial charge in [0.15, 0.2) is 5.78 Å². The van der Waals surface area contributed by atoms with Crippen LogP contribution in [0.5, 0.6) is 0 Å². The highest BCUT2D eigenvalue weighted by Gasteiger charge is 2.32. The van der Waals surface area contributed by atoms with Crippen molar-refractivity contribution in [2.24, 2.45) is 13.0 Å². The van der Waals surface area contributed by atoms with Gasteiger partial charge in [0, 0.05) is 47.7 Å². The number of fused-ring (bicyclic) bond motifs is 2. The van der Waals surface area contributed by atoms with Gasteiger partial charge >= 0.3 is 0 Å². The van der Waals surface area contributed by atoms with Gasteiger partial charge in [-0.1, -0.05) is 18.2 Å². The predicted octanol–water partition coefficient (Wildman–Crippen LogP) is 2.75. The number of imidazole rings is 1. The molecule has 1 fully saturated rings. The van der Waals surface area contributed by atoms with Crippen LogP contribution in [0.3, 0.4) is 0 Å². The molecule has 2 aliphatic rings. The van der Waals surface area contributed by atoms with E-state index in [1.165, 1.54) is 0 Å². The van der Waals surface area contributed by atoms with Gasteiger partial charge in [0.05, 0.1) is 11.7 Å². The zero-order valence-electron chi connectivity index (χ0n) is 16.0. The van der Waals surface area contributed by atoms with Crippen molar-refractivity contribution in [3.8, 4) is 0 Å². The van der Waals surface area contributed by atoms with Crippen LogP contribution in [0, 0.1) is 5.92 Å². The van der Waals surface area contributed by atoms with Crippen LogP contribution < -0.4 is 5.32 Å². The number of benzene rings is 1. The maximum Gasteiger partial charge on any atom is 0.249 e. The Morgan fingerprint density at radius 2 is 2.07 bits per heavy atom. The topological polar surface area (TPSA) is 68.9 Å². The molecule has 5 rings (SSSR count). The smallest absolute Gasteiger partial charge is 0.249 e. The molecule has 3 aromatic rings. The summed E-state index contributed by atoms with van der Waals surface area (Å²) in [4.78, 5) is 30.5. The molecule has 6 heteroatoms. The minimum absolute atomic E-state index is 0.0821. The molecule has 6 nitrogen and oxygen atoms in total. The summed E-state index contributed by atoms with van der Waals surface area (Å²) in [6.07, 6.45) is 7.59. The number of nitrogens with zero attached hydrogens (tertiary/aromatic N) is 3. The summed E-state index contributed by atoms with van der Waals surface area (Å²) in [6, 6.07) is 7.91. The Kier molecular flexibility index (Phi) is 4.16. The molecule has 1 aromatic carbocycles. The van der Waals surface area contributed by atoms with E-state index in [1.807, 2.05) is 42.1 Å². The van der Waals surface area contributed by atoms with Crippen LogP contribution >= 0.6 is 0 Å². The van der Waals surface area contributed by atoms with E-state index in [9.17, 15) is 9.59 Å². The molecule has 1 N–H and O–H groups in total. The first kappa shape index (κ1) is 17.4. The van der Waals surface area contributed by atoms with Crippen molar-refractivity contribution >= 4 is 22.6 Å². The number of rotatable bonds is 3. The Labute approximate surface area is 163 Å². The molecule has 2 aromatic heterocycles. The van der Waals surface area contributed by atoms with Gasteiger partial charge in [0.25, 0.3) is 0 Å². The van der Waals surface area contributed by atoms with Gasteiger partial charge < -0.3 is 9.88 Å². The summed E-state index contributed by atoms with van der Waals surface area (Å²) in [5.74, 6) is 0.187. The normalized spacial score (nSPS) is 21.8. The van der Waals surface area contributed by atoms with Gasteiger partial charge in [-0.3, -0.25) is 14.2 Å². The molecule has 0 saturated carbocycles. The number of aryl methyl sites for hydroxylation is 1. The first-order valence-electron chi connectivity index (χ1n) is 10.0. The van der Waals surface area contributed by atoms with E-state index >= 15 is 0 Å². The van der Waals surface area contributed by atoms with E-state index in [-0.39, 0.29) is 23.7 Å². The fourth-order valence-corrected chi connectivity index (χ4v) is 4.73. The highest BCUT2D eigenvalue weighted by Crippen LogP contribution is 2.30. The molecule has 144 valence electrons. The molecule has 1 saturated heterocycles. The number of hydrogen-bond donors (Lipinski definition) is 1. The zero-order valence-corrected chi connectivity index (χ0v) is 16.0. The van der Waals surface area contributed by atoms with Crippen LogP contribution in [0.2, 0.25) is 0 Å². The average Bonchev–Trinajstić information content (AvgIpc) is 3.46. The summed E-state index contributed by atoms with van der Waals surface area (Å²) < 4.78 is 3.73. The lowest BCUT2D eigenvalue weighted by molar-refractivity contribution is 0.0865. The van der Waals surface area contributed by atoms with Crippen LogP contribution in [-0.4, -0.2) is 38.4 Å². The lowest BCUT2D eigenvalue weighted by Gasteiger charge is -2.22. The number of hydrogen-bond acceptors (Lipinski definition) is 4. The van der Waals surface area contributed by atoms with E-state index in [0.717, 1.165) is 60.1 Å². The van der Waals surface area contributed by atoms with Crippen LogP contribution in [-0.2, 0) is 19.9 Å². The van der Waals surface area contributed by atoms with Crippen molar-refractivity contribution < 1.29 is 9.59 Å². The zero-order chi connectivity index (χ0) is 19.3.